The van der Waals surface area contributed by atoms with Crippen LogP contribution < -0.4 is 5.48 Å². The number of Topliss-reactive ketones (excluding diaryl/α,β-unsaturated/α-hetero) is 3. The van der Waals surface area contributed by atoms with E-state index in [9.17, 15) is 19.2 Å². The number of nitrogens with one attached hydrogen (secondary N) is 1. The molecule has 13 aromatic rings. The SMILES string of the molecule is O=C(COCCO)c1cc2c(ncn2CC2CCCO2)c(F)c1Cc1ccc(Br)cc1Cl.O=C(COCCO)c1cc2c(ncn2CCC2CCCCC2)c(F)c1Cc1ccc(Br)cc1Cl.O=C(COCCO)c1cc2c(ncn2CCCCO)c(F)c1Cc1ccc(Br)cc1Cl.O=C(NOCCO)c1cc2c(ncn2Cc2ccccc2)c(F)c1Cc1ccc(Br)cc1Cl. The lowest BCUT2D eigenvalue weighted by molar-refractivity contribution is 0.0167. The maximum absolute atomic E-state index is 15.8. The van der Waals surface area contributed by atoms with Crippen LogP contribution in [0.4, 0.5) is 17.6 Å². The van der Waals surface area contributed by atoms with Crippen LogP contribution in [0.15, 0.2) is 171 Å². The highest BCUT2D eigenvalue weighted by Gasteiger charge is 2.30. The summed E-state index contributed by atoms with van der Waals surface area (Å²) in [6.45, 7) is 1.48. The highest BCUT2D eigenvalue weighted by atomic mass is 79.9. The molecular formula is C95H95Br4Cl4F4N9O14. The molecule has 1 saturated carbocycles. The lowest BCUT2D eigenvalue weighted by Crippen LogP contribution is -2.26. The predicted octanol–water partition coefficient (Wildman–Crippen LogP) is 19.9. The number of imidazole rings is 4. The molecule has 0 bridgehead atoms. The van der Waals surface area contributed by atoms with Crippen LogP contribution in [-0.2, 0) is 75.6 Å². The molecule has 4 aromatic heterocycles. The molecule has 0 spiro atoms. The number of halogens is 12. The molecular weight excluding hydrogens is 2030 g/mol. The third kappa shape index (κ3) is 26.4. The second-order valence-electron chi connectivity index (χ2n) is 31.1. The number of unbranched alkanes of at least 4 members (excludes halogenated alkanes) is 1. The smallest absolute Gasteiger partial charge is 0.275 e. The number of amides is 1. The zero-order chi connectivity index (χ0) is 92.5. The van der Waals surface area contributed by atoms with Crippen LogP contribution in [0.1, 0.15) is 156 Å². The van der Waals surface area contributed by atoms with E-state index in [1.165, 1.54) is 38.4 Å². The summed E-state index contributed by atoms with van der Waals surface area (Å²) in [6, 6.07) is 37.7. The zero-order valence-electron chi connectivity index (χ0n) is 70.5. The Bertz CT molecular complexity index is 6120. The van der Waals surface area contributed by atoms with Gasteiger partial charge in [-0.05, 0) is 139 Å². The average Bonchev–Trinajstić information content (AvgIpc) is 1.60. The molecule has 6 N–H and O–H groups in total. The summed E-state index contributed by atoms with van der Waals surface area (Å²) in [4.78, 5) is 74.0. The van der Waals surface area contributed by atoms with Crippen LogP contribution >= 0.6 is 110 Å². The number of carbonyl (C=O) groups excluding carboxylic acids is 4. The fourth-order valence-electron chi connectivity index (χ4n) is 15.6. The van der Waals surface area contributed by atoms with E-state index in [0.717, 1.165) is 55.9 Å². The van der Waals surface area contributed by atoms with E-state index >= 15 is 17.6 Å². The number of benzene rings is 9. The number of ketones is 3. The molecule has 2 fully saturated rings. The van der Waals surface area contributed by atoms with Crippen molar-refractivity contribution in [2.75, 3.05) is 85.9 Å². The number of carbonyl (C=O) groups is 4. The van der Waals surface area contributed by atoms with Crippen molar-refractivity contribution in [3.8, 4) is 0 Å². The molecule has 35 heteroatoms. The number of hydrogen-bond acceptors (Lipinski definition) is 18. The van der Waals surface area contributed by atoms with Gasteiger partial charge in [0.15, 0.2) is 40.6 Å². The first-order chi connectivity index (χ1) is 62.9. The zero-order valence-corrected chi connectivity index (χ0v) is 79.9. The van der Waals surface area contributed by atoms with Gasteiger partial charge in [-0.25, -0.2) is 43.0 Å². The van der Waals surface area contributed by atoms with Crippen molar-refractivity contribution in [1.29, 1.82) is 0 Å². The van der Waals surface area contributed by atoms with Gasteiger partial charge in [0.25, 0.3) is 5.91 Å². The first-order valence-corrected chi connectivity index (χ1v) is 46.9. The molecule has 0 radical (unpaired) electrons. The second-order valence-corrected chi connectivity index (χ2v) is 36.4. The summed E-state index contributed by atoms with van der Waals surface area (Å²) >= 11 is 38.9. The van der Waals surface area contributed by atoms with E-state index in [2.05, 4.69) is 89.1 Å². The van der Waals surface area contributed by atoms with Crippen molar-refractivity contribution in [3.63, 3.8) is 0 Å². The molecule has 130 heavy (non-hydrogen) atoms. The van der Waals surface area contributed by atoms with E-state index in [-0.39, 0.29) is 195 Å². The Labute approximate surface area is 801 Å². The first kappa shape index (κ1) is 101. The van der Waals surface area contributed by atoms with E-state index in [0.29, 0.717) is 103 Å². The highest BCUT2D eigenvalue weighted by molar-refractivity contribution is 9.11. The Morgan fingerprint density at radius 3 is 1.20 bits per heavy atom. The van der Waals surface area contributed by atoms with E-state index in [4.69, 9.17) is 95.7 Å². The molecule has 1 atom stereocenters. The summed E-state index contributed by atoms with van der Waals surface area (Å²) in [6.07, 6.45) is 17.5. The summed E-state index contributed by atoms with van der Waals surface area (Å²) in [5.74, 6) is -3.24. The van der Waals surface area contributed by atoms with Gasteiger partial charge in [-0.1, -0.05) is 197 Å². The third-order valence-corrected chi connectivity index (χ3v) is 25.6. The van der Waals surface area contributed by atoms with Crippen LogP contribution in [0.25, 0.3) is 44.1 Å². The Kier molecular flexibility index (Phi) is 38.5. The van der Waals surface area contributed by atoms with E-state index in [1.54, 1.807) is 107 Å². The van der Waals surface area contributed by atoms with Gasteiger partial charge in [-0.2, -0.15) is 0 Å². The Morgan fingerprint density at radius 2 is 0.808 bits per heavy atom. The van der Waals surface area contributed by atoms with Gasteiger partial charge in [0.05, 0.1) is 118 Å². The van der Waals surface area contributed by atoms with Gasteiger partial charge in [0.2, 0.25) is 0 Å². The van der Waals surface area contributed by atoms with Crippen LogP contribution in [0, 0.1) is 29.2 Å². The average molecular weight is 2120 g/mol. The number of ether oxygens (including phenoxy) is 4. The van der Waals surface area contributed by atoms with Crippen molar-refractivity contribution in [2.45, 2.75) is 122 Å². The van der Waals surface area contributed by atoms with Gasteiger partial charge < -0.3 is 62.7 Å². The Balaban J connectivity index is 0.000000157. The summed E-state index contributed by atoms with van der Waals surface area (Å²) < 4.78 is 94.8. The minimum atomic E-state index is -0.625. The van der Waals surface area contributed by atoms with Gasteiger partial charge >= 0.3 is 0 Å². The van der Waals surface area contributed by atoms with Crippen LogP contribution in [0.3, 0.4) is 0 Å². The number of aliphatic hydroxyl groups is 5. The quantitative estimate of drug-likeness (QED) is 0.00907. The predicted molar refractivity (Wildman–Crippen MR) is 506 cm³/mol. The number of hydroxylamine groups is 1. The number of rotatable bonds is 38. The number of hydrogen-bond donors (Lipinski definition) is 6. The summed E-state index contributed by atoms with van der Waals surface area (Å²) in [5, 5.41) is 46.6. The molecule has 1 aliphatic heterocycles. The summed E-state index contributed by atoms with van der Waals surface area (Å²) in [5.41, 5.74) is 10.6. The van der Waals surface area contributed by atoms with Crippen LogP contribution in [0.2, 0.25) is 20.1 Å². The number of aromatic nitrogens is 8. The van der Waals surface area contributed by atoms with E-state index in [1.807, 2.05) is 57.7 Å². The molecule has 23 nitrogen and oxygen atoms in total. The van der Waals surface area contributed by atoms with Crippen LogP contribution in [0.5, 0.6) is 0 Å². The number of aryl methyl sites for hydroxylation is 2. The minimum Gasteiger partial charge on any atom is -0.396 e. The molecule has 1 saturated heterocycles. The topological polar surface area (TPSA) is 299 Å². The molecule has 1 amide bonds. The number of fused-ring (bicyclic) bond motifs is 4. The molecule has 15 rings (SSSR count). The largest absolute Gasteiger partial charge is 0.396 e. The third-order valence-electron chi connectivity index (χ3n) is 22.2. The molecule has 688 valence electrons. The number of aliphatic hydroxyl groups excluding tert-OH is 5. The normalized spacial score (nSPS) is 13.4. The first-order valence-electron chi connectivity index (χ1n) is 42.2. The standard InChI is InChI=1S/C26H29BrClFN2O3.C24H20BrClFN3O3.C23H23BrClFN2O4.C22H23BrClFN2O4/c27-19-7-6-18(22(28)13-19)12-21-20(24(33)15-34-11-10-32)14-23-26(25(21)29)30-16-31(23)9-8-17-4-2-1-3-5-17;25-17-7-6-16(20(26)11-17)10-18-19(24(32)29-33-9-8-31)12-21-23(22(18)27)28-14-30(21)13-15-4-2-1-3-5-15;24-15-4-3-14(19(25)9-15)8-18-17(21(30)12-31-7-5-29)10-20-23(22(18)26)27-13-28(20)11-16-2-1-6-32-16;23-15-4-3-14(18(24)10-15)9-17-16(20(30)12-31-8-7-29)11-19-22(21(17)25)26-13-27(19)5-1-2-6-28/h6-7,13-14,16-17,32H,1-5,8-12,15H2;1-7,11-12,14,31H,8-10,13H2,(H,29,32);3-4,9-10,13,16,29H,1-2,5-8,11-12H2;3-4,10-11,13,28-29H,1-2,5-9,12H2. The lowest BCUT2D eigenvalue weighted by atomic mass is 9.87. The molecule has 2 aliphatic rings. The maximum Gasteiger partial charge on any atom is 0.275 e. The summed E-state index contributed by atoms with van der Waals surface area (Å²) in [7, 11) is 0. The van der Waals surface area contributed by atoms with Crippen molar-refractivity contribution in [1.82, 2.24) is 43.7 Å². The monoisotopic (exact) mass is 2120 g/mol. The van der Waals surface area contributed by atoms with Crippen molar-refractivity contribution in [3.05, 3.63) is 286 Å². The van der Waals surface area contributed by atoms with Gasteiger partial charge in [-0.15, -0.1) is 0 Å². The number of nitrogens with zero attached hydrogens (tertiary/aromatic N) is 8. The molecule has 5 heterocycles. The van der Waals surface area contributed by atoms with Gasteiger partial charge in [0, 0.05) is 135 Å². The Hall–Kier alpha value is -8.26. The fraction of sp³-hybridized carbons (Fsp3) is 0.347. The lowest BCUT2D eigenvalue weighted by Gasteiger charge is -2.21. The van der Waals surface area contributed by atoms with Gasteiger partial charge in [-0.3, -0.25) is 24.0 Å². The highest BCUT2D eigenvalue weighted by Crippen LogP contribution is 2.38. The molecule has 1 unspecified atom stereocenters. The van der Waals surface area contributed by atoms with Crippen LogP contribution in [-0.4, -0.2) is 179 Å². The van der Waals surface area contributed by atoms with Crippen molar-refractivity contribution in [2.24, 2.45) is 5.92 Å². The van der Waals surface area contributed by atoms with Crippen molar-refractivity contribution < 1.29 is 86.1 Å². The molecule has 1 aliphatic carbocycles. The van der Waals surface area contributed by atoms with E-state index < -0.39 is 29.2 Å². The Morgan fingerprint density at radius 1 is 0.431 bits per heavy atom. The van der Waals surface area contributed by atoms with Crippen molar-refractivity contribution >= 4 is 178 Å². The minimum absolute atomic E-state index is 0.0173. The fourth-order valence-corrected chi connectivity index (χ4v) is 18.6. The second kappa shape index (κ2) is 49.6. The molecule has 9 aromatic carbocycles. The van der Waals surface area contributed by atoms with Gasteiger partial charge in [0.1, 0.15) is 41.9 Å². The maximum atomic E-state index is 15.8.